The van der Waals surface area contributed by atoms with Gasteiger partial charge in [0.15, 0.2) is 0 Å². The highest BCUT2D eigenvalue weighted by molar-refractivity contribution is 5.85. The molecule has 0 aromatic carbocycles. The Morgan fingerprint density at radius 1 is 1.58 bits per heavy atom. The minimum absolute atomic E-state index is 0.121. The van der Waals surface area contributed by atoms with E-state index in [1.165, 1.54) is 0 Å². The molecule has 70 valence electrons. The van der Waals surface area contributed by atoms with Crippen LogP contribution in [0, 0.1) is 0 Å². The van der Waals surface area contributed by atoms with Gasteiger partial charge in [-0.1, -0.05) is 0 Å². The van der Waals surface area contributed by atoms with Crippen LogP contribution < -0.4 is 11.1 Å². The number of carbonyl (C=O) groups is 1. The normalized spacial score (nSPS) is 29.3. The van der Waals surface area contributed by atoms with Crippen molar-refractivity contribution in [2.75, 3.05) is 0 Å². The molecule has 0 aliphatic heterocycles. The van der Waals surface area contributed by atoms with Gasteiger partial charge < -0.3 is 16.2 Å². The molecular formula is C8H16N2O2. The maximum atomic E-state index is 11.3. The number of carbonyl (C=O) groups excluding carboxylic acids is 1. The molecule has 0 aromatic heterocycles. The lowest BCUT2D eigenvalue weighted by atomic mass is 9.89. The van der Waals surface area contributed by atoms with Crippen LogP contribution in [-0.2, 0) is 4.79 Å². The number of aliphatic hydroxyl groups excluding tert-OH is 1. The summed E-state index contributed by atoms with van der Waals surface area (Å²) in [5.41, 5.74) is 4.75. The maximum absolute atomic E-state index is 11.3. The van der Waals surface area contributed by atoms with Crippen molar-refractivity contribution in [2.24, 2.45) is 5.73 Å². The number of nitrogens with one attached hydrogen (secondary N) is 1. The lowest BCUT2D eigenvalue weighted by Gasteiger charge is -2.33. The molecule has 4 N–H and O–H groups in total. The zero-order valence-electron chi connectivity index (χ0n) is 7.50. The van der Waals surface area contributed by atoms with Gasteiger partial charge >= 0.3 is 0 Å². The van der Waals surface area contributed by atoms with E-state index < -0.39 is 5.54 Å². The monoisotopic (exact) mass is 172 g/mol. The zero-order chi connectivity index (χ0) is 9.35. The second kappa shape index (κ2) is 3.03. The first-order valence-corrected chi connectivity index (χ1v) is 4.17. The number of nitrogens with two attached hydrogens (primary N) is 1. The Labute approximate surface area is 72.1 Å². The number of hydrogen-bond acceptors (Lipinski definition) is 3. The molecule has 1 amide bonds. The van der Waals surface area contributed by atoms with E-state index in [0.29, 0.717) is 12.8 Å². The van der Waals surface area contributed by atoms with Crippen LogP contribution in [0.2, 0.25) is 0 Å². The Morgan fingerprint density at radius 2 is 2.08 bits per heavy atom. The van der Waals surface area contributed by atoms with E-state index in [9.17, 15) is 4.79 Å². The van der Waals surface area contributed by atoms with Crippen molar-refractivity contribution in [3.8, 4) is 0 Å². The van der Waals surface area contributed by atoms with Gasteiger partial charge in [-0.15, -0.1) is 0 Å². The van der Waals surface area contributed by atoms with Gasteiger partial charge in [-0.05, 0) is 26.7 Å². The van der Waals surface area contributed by atoms with Gasteiger partial charge in [0.1, 0.15) is 0 Å². The SMILES string of the molecule is CC(C)(N)C(=O)NC1CC(O)C1. The lowest BCUT2D eigenvalue weighted by Crippen LogP contribution is -2.56. The van der Waals surface area contributed by atoms with Crippen molar-refractivity contribution in [1.29, 1.82) is 0 Å². The molecule has 1 aliphatic rings. The van der Waals surface area contributed by atoms with Crippen molar-refractivity contribution >= 4 is 5.91 Å². The van der Waals surface area contributed by atoms with Crippen LogP contribution in [0.3, 0.4) is 0 Å². The summed E-state index contributed by atoms with van der Waals surface area (Å²) >= 11 is 0. The summed E-state index contributed by atoms with van der Waals surface area (Å²) in [7, 11) is 0. The van der Waals surface area contributed by atoms with Gasteiger partial charge in [-0.2, -0.15) is 0 Å². The van der Waals surface area contributed by atoms with Gasteiger partial charge in [0.05, 0.1) is 11.6 Å². The summed E-state index contributed by atoms with van der Waals surface area (Å²) in [5, 5.41) is 11.7. The average Bonchev–Trinajstić information content (AvgIpc) is 1.82. The van der Waals surface area contributed by atoms with Crippen molar-refractivity contribution in [3.63, 3.8) is 0 Å². The van der Waals surface area contributed by atoms with E-state index in [0.717, 1.165) is 0 Å². The minimum atomic E-state index is -0.819. The van der Waals surface area contributed by atoms with E-state index in [1.807, 2.05) is 0 Å². The Morgan fingerprint density at radius 3 is 2.42 bits per heavy atom. The van der Waals surface area contributed by atoms with Crippen LogP contribution in [0.15, 0.2) is 0 Å². The summed E-state index contributed by atoms with van der Waals surface area (Å²) in [6.45, 7) is 3.33. The molecule has 1 fully saturated rings. The van der Waals surface area contributed by atoms with Crippen LogP contribution in [0.4, 0.5) is 0 Å². The lowest BCUT2D eigenvalue weighted by molar-refractivity contribution is -0.127. The Hall–Kier alpha value is -0.610. The highest BCUT2D eigenvalue weighted by Gasteiger charge is 2.31. The molecule has 0 unspecified atom stereocenters. The molecule has 0 saturated heterocycles. The summed E-state index contributed by atoms with van der Waals surface area (Å²) in [6, 6.07) is 0.121. The van der Waals surface area contributed by atoms with E-state index in [1.54, 1.807) is 13.8 Å². The molecular weight excluding hydrogens is 156 g/mol. The summed E-state index contributed by atoms with van der Waals surface area (Å²) < 4.78 is 0. The zero-order valence-corrected chi connectivity index (χ0v) is 7.50. The van der Waals surface area contributed by atoms with E-state index in [4.69, 9.17) is 10.8 Å². The Kier molecular flexibility index (Phi) is 2.39. The Balaban J connectivity index is 2.28. The van der Waals surface area contributed by atoms with Crippen molar-refractivity contribution in [1.82, 2.24) is 5.32 Å². The van der Waals surface area contributed by atoms with Crippen LogP contribution in [0.5, 0.6) is 0 Å². The summed E-state index contributed by atoms with van der Waals surface area (Å²) in [4.78, 5) is 11.3. The summed E-state index contributed by atoms with van der Waals surface area (Å²) in [6.07, 6.45) is 1.07. The van der Waals surface area contributed by atoms with Crippen LogP contribution in [0.1, 0.15) is 26.7 Å². The van der Waals surface area contributed by atoms with Gasteiger partial charge in [-0.25, -0.2) is 0 Å². The summed E-state index contributed by atoms with van der Waals surface area (Å²) in [5.74, 6) is -0.153. The average molecular weight is 172 g/mol. The first-order valence-electron chi connectivity index (χ1n) is 4.17. The van der Waals surface area contributed by atoms with Gasteiger partial charge in [0.2, 0.25) is 5.91 Å². The molecule has 0 aromatic rings. The standard InChI is InChI=1S/C8H16N2O2/c1-8(2,9)7(12)10-5-3-6(11)4-5/h5-6,11H,3-4,9H2,1-2H3,(H,10,12). The second-order valence-corrected chi connectivity index (χ2v) is 4.02. The number of amides is 1. The van der Waals surface area contributed by atoms with Crippen LogP contribution >= 0.6 is 0 Å². The fourth-order valence-corrected chi connectivity index (χ4v) is 1.08. The molecule has 1 rings (SSSR count). The van der Waals surface area contributed by atoms with Crippen molar-refractivity contribution in [2.45, 2.75) is 44.4 Å². The quantitative estimate of drug-likeness (QED) is 0.519. The molecule has 4 heteroatoms. The molecule has 0 radical (unpaired) electrons. The fourth-order valence-electron chi connectivity index (χ4n) is 1.08. The smallest absolute Gasteiger partial charge is 0.239 e. The third-order valence-corrected chi connectivity index (χ3v) is 2.03. The molecule has 4 nitrogen and oxygen atoms in total. The third-order valence-electron chi connectivity index (χ3n) is 2.03. The van der Waals surface area contributed by atoms with E-state index in [2.05, 4.69) is 5.32 Å². The van der Waals surface area contributed by atoms with E-state index in [-0.39, 0.29) is 18.1 Å². The first kappa shape index (κ1) is 9.48. The molecule has 1 saturated carbocycles. The molecule has 0 atom stereocenters. The van der Waals surface area contributed by atoms with Gasteiger partial charge in [0.25, 0.3) is 0 Å². The largest absolute Gasteiger partial charge is 0.393 e. The van der Waals surface area contributed by atoms with Crippen molar-refractivity contribution < 1.29 is 9.90 Å². The maximum Gasteiger partial charge on any atom is 0.239 e. The fraction of sp³-hybridized carbons (Fsp3) is 0.875. The number of hydrogen-bond donors (Lipinski definition) is 3. The highest BCUT2D eigenvalue weighted by Crippen LogP contribution is 2.19. The topological polar surface area (TPSA) is 75.4 Å². The van der Waals surface area contributed by atoms with Crippen LogP contribution in [-0.4, -0.2) is 28.7 Å². The Bertz CT molecular complexity index is 180. The predicted molar refractivity (Wildman–Crippen MR) is 45.4 cm³/mol. The van der Waals surface area contributed by atoms with Crippen molar-refractivity contribution in [3.05, 3.63) is 0 Å². The van der Waals surface area contributed by atoms with Gasteiger partial charge in [-0.3, -0.25) is 4.79 Å². The first-order chi connectivity index (χ1) is 5.39. The third kappa shape index (κ3) is 2.19. The highest BCUT2D eigenvalue weighted by atomic mass is 16.3. The molecule has 0 heterocycles. The molecule has 0 spiro atoms. The predicted octanol–water partition coefficient (Wildman–Crippen LogP) is -0.637. The van der Waals surface area contributed by atoms with E-state index >= 15 is 0 Å². The second-order valence-electron chi connectivity index (χ2n) is 4.02. The van der Waals surface area contributed by atoms with Gasteiger partial charge in [0, 0.05) is 6.04 Å². The van der Waals surface area contributed by atoms with Crippen LogP contribution in [0.25, 0.3) is 0 Å². The number of rotatable bonds is 2. The molecule has 0 bridgehead atoms. The number of aliphatic hydroxyl groups is 1. The minimum Gasteiger partial charge on any atom is -0.393 e. The molecule has 12 heavy (non-hydrogen) atoms. The molecule has 1 aliphatic carbocycles.